The third-order valence-electron chi connectivity index (χ3n) is 2.40. The maximum Gasteiger partial charge on any atom is 0.420 e. The fourth-order valence-corrected chi connectivity index (χ4v) is 2.81. The van der Waals surface area contributed by atoms with Crippen molar-refractivity contribution in [2.75, 3.05) is 20.4 Å². The van der Waals surface area contributed by atoms with E-state index < -0.39 is 7.80 Å². The summed E-state index contributed by atoms with van der Waals surface area (Å²) in [5.74, 6) is 1.22. The van der Waals surface area contributed by atoms with Crippen molar-refractivity contribution in [3.8, 4) is 11.5 Å². The number of hydrogen-bond acceptors (Lipinski definition) is 4. The highest BCUT2D eigenvalue weighted by Crippen LogP contribution is 2.34. The van der Waals surface area contributed by atoms with Gasteiger partial charge in [0, 0.05) is 6.07 Å². The highest BCUT2D eigenvalue weighted by Gasteiger charge is 2.32. The third-order valence-corrected chi connectivity index (χ3v) is 4.15. The van der Waals surface area contributed by atoms with Crippen LogP contribution in [0.3, 0.4) is 0 Å². The van der Waals surface area contributed by atoms with E-state index in [2.05, 4.69) is 0 Å². The molecule has 1 aromatic carbocycles. The van der Waals surface area contributed by atoms with Crippen molar-refractivity contribution >= 4 is 13.3 Å². The Morgan fingerprint density at radius 3 is 2.44 bits per heavy atom. The molecule has 0 spiro atoms. The monoisotopic (exact) mass is 269 g/mol. The van der Waals surface area contributed by atoms with Gasteiger partial charge in [0.15, 0.2) is 6.16 Å². The van der Waals surface area contributed by atoms with Gasteiger partial charge in [0.25, 0.3) is 0 Å². The van der Waals surface area contributed by atoms with Crippen molar-refractivity contribution in [1.29, 1.82) is 0 Å². The summed E-state index contributed by atoms with van der Waals surface area (Å²) in [5, 5.41) is 0. The Labute approximate surface area is 108 Å². The lowest BCUT2D eigenvalue weighted by molar-refractivity contribution is 0.107. The molecular weight excluding hydrogens is 251 g/mol. The van der Waals surface area contributed by atoms with Crippen molar-refractivity contribution in [1.82, 2.24) is 0 Å². The molecule has 0 bridgehead atoms. The molecule has 0 aliphatic carbocycles. The Morgan fingerprint density at radius 1 is 1.28 bits per heavy atom. The zero-order chi connectivity index (χ0) is 13.7. The predicted octanol–water partition coefficient (Wildman–Crippen LogP) is 3.33. The van der Waals surface area contributed by atoms with Crippen LogP contribution in [0.15, 0.2) is 18.2 Å². The summed E-state index contributed by atoms with van der Waals surface area (Å²) < 4.78 is 22.1. The van der Waals surface area contributed by atoms with Gasteiger partial charge in [-0.15, -0.1) is 0 Å². The Kier molecular flexibility index (Phi) is 5.29. The highest BCUT2D eigenvalue weighted by molar-refractivity contribution is 7.64. The Bertz CT molecular complexity index is 454. The summed E-state index contributed by atoms with van der Waals surface area (Å²) in [5.41, 5.74) is -0.0155. The fraction of sp³-hybridized carbons (Fsp3) is 0.462. The van der Waals surface area contributed by atoms with Crippen LogP contribution in [-0.4, -0.2) is 25.9 Å². The third kappa shape index (κ3) is 3.54. The second-order valence-corrected chi connectivity index (χ2v) is 5.85. The number of benzene rings is 1. The second-order valence-electron chi connectivity index (χ2n) is 4.33. The van der Waals surface area contributed by atoms with E-state index in [1.165, 1.54) is 14.2 Å². The summed E-state index contributed by atoms with van der Waals surface area (Å²) in [7, 11) is 1.11. The Morgan fingerprint density at radius 2 is 1.94 bits per heavy atom. The van der Waals surface area contributed by atoms with Crippen molar-refractivity contribution in [3.63, 3.8) is 0 Å². The minimum atomic E-state index is -1.90. The highest BCUT2D eigenvalue weighted by atomic mass is 31.1. The first-order valence-corrected chi connectivity index (χ1v) is 7.15. The van der Waals surface area contributed by atoms with Gasteiger partial charge < -0.3 is 9.47 Å². The van der Waals surface area contributed by atoms with Crippen molar-refractivity contribution in [2.24, 2.45) is 5.92 Å². The summed E-state index contributed by atoms with van der Waals surface area (Å²) >= 11 is 0. The zero-order valence-electron chi connectivity index (χ0n) is 11.1. The minimum Gasteiger partial charge on any atom is -0.497 e. The van der Waals surface area contributed by atoms with Gasteiger partial charge in [0.1, 0.15) is 17.1 Å². The summed E-state index contributed by atoms with van der Waals surface area (Å²) in [6.07, 6.45) is 0.392. The second kappa shape index (κ2) is 6.50. The molecule has 98 valence electrons. The maximum atomic E-state index is 12.1. The van der Waals surface area contributed by atoms with Crippen molar-refractivity contribution < 1.29 is 18.8 Å². The number of carbonyl (C=O) groups is 1. The van der Waals surface area contributed by atoms with Crippen LogP contribution in [0.4, 0.5) is 0 Å². The molecular formula is C13H18O4P+. The van der Waals surface area contributed by atoms with Gasteiger partial charge in [-0.25, -0.2) is 4.79 Å². The Balaban J connectivity index is 3.01. The van der Waals surface area contributed by atoms with Gasteiger partial charge in [0.05, 0.1) is 14.2 Å². The molecule has 0 saturated heterocycles. The van der Waals surface area contributed by atoms with Gasteiger partial charge in [-0.2, -0.15) is 0 Å². The molecule has 0 saturated carbocycles. The molecule has 0 heterocycles. The predicted molar refractivity (Wildman–Crippen MR) is 71.2 cm³/mol. The zero-order valence-corrected chi connectivity index (χ0v) is 12.0. The van der Waals surface area contributed by atoms with E-state index in [1.54, 1.807) is 18.2 Å². The molecule has 0 aliphatic heterocycles. The van der Waals surface area contributed by atoms with Gasteiger partial charge >= 0.3 is 13.3 Å². The average molecular weight is 269 g/mol. The number of ether oxygens (including phenoxy) is 2. The van der Waals surface area contributed by atoms with Crippen LogP contribution in [0, 0.1) is 5.92 Å². The van der Waals surface area contributed by atoms with Gasteiger partial charge in [0.2, 0.25) is 0 Å². The quantitative estimate of drug-likeness (QED) is 0.743. The number of methoxy groups -OCH3 is 2. The van der Waals surface area contributed by atoms with Crippen LogP contribution in [0.25, 0.3) is 0 Å². The van der Waals surface area contributed by atoms with Crippen LogP contribution in [0.1, 0.15) is 24.2 Å². The molecule has 1 atom stereocenters. The first-order chi connectivity index (χ1) is 8.49. The molecule has 1 unspecified atom stereocenters. The molecule has 0 radical (unpaired) electrons. The SMILES string of the molecule is COc1ccc(C(=O)[P+](=O)CC(C)C)c(OC)c1. The summed E-state index contributed by atoms with van der Waals surface area (Å²) in [6.45, 7) is 3.87. The minimum absolute atomic E-state index is 0.224. The molecule has 0 fully saturated rings. The topological polar surface area (TPSA) is 52.6 Å². The first kappa shape index (κ1) is 14.7. The van der Waals surface area contributed by atoms with E-state index in [4.69, 9.17) is 9.47 Å². The lowest BCUT2D eigenvalue weighted by Crippen LogP contribution is -2.02. The standard InChI is InChI=1S/C13H18O4P/c1-9(2)8-18(15)13(14)11-6-5-10(16-3)7-12(11)17-4/h5-7,9H,8H2,1-4H3/q+1. The van der Waals surface area contributed by atoms with Crippen LogP contribution < -0.4 is 9.47 Å². The van der Waals surface area contributed by atoms with Crippen LogP contribution in [0.5, 0.6) is 11.5 Å². The number of carbonyl (C=O) groups excluding carboxylic acids is 1. The lowest BCUT2D eigenvalue weighted by atomic mass is 10.2. The molecule has 1 aromatic rings. The van der Waals surface area contributed by atoms with E-state index in [0.29, 0.717) is 23.2 Å². The van der Waals surface area contributed by atoms with E-state index in [9.17, 15) is 9.36 Å². The molecule has 5 heteroatoms. The smallest absolute Gasteiger partial charge is 0.420 e. The summed E-state index contributed by atoms with van der Waals surface area (Å²) in [4.78, 5) is 12.1. The van der Waals surface area contributed by atoms with Gasteiger partial charge in [-0.3, -0.25) is 0 Å². The number of rotatable bonds is 6. The largest absolute Gasteiger partial charge is 0.497 e. The van der Waals surface area contributed by atoms with Gasteiger partial charge in [-0.1, -0.05) is 18.4 Å². The Hall–Kier alpha value is -1.41. The molecule has 0 N–H and O–H groups in total. The van der Waals surface area contributed by atoms with Crippen LogP contribution in [-0.2, 0) is 4.57 Å². The molecule has 4 nitrogen and oxygen atoms in total. The molecule has 0 aliphatic rings. The molecule has 0 aromatic heterocycles. The normalized spacial score (nSPS) is 11.3. The van der Waals surface area contributed by atoms with E-state index in [-0.39, 0.29) is 11.4 Å². The van der Waals surface area contributed by atoms with Crippen molar-refractivity contribution in [2.45, 2.75) is 13.8 Å². The lowest BCUT2D eigenvalue weighted by Gasteiger charge is -2.06. The van der Waals surface area contributed by atoms with E-state index in [0.717, 1.165) is 0 Å². The first-order valence-electron chi connectivity index (χ1n) is 5.70. The van der Waals surface area contributed by atoms with Gasteiger partial charge in [-0.05, 0) is 18.1 Å². The average Bonchev–Trinajstić information content (AvgIpc) is 2.36. The number of hydrogen-bond donors (Lipinski definition) is 0. The molecule has 0 amide bonds. The summed E-state index contributed by atoms with van der Waals surface area (Å²) in [6, 6.07) is 4.87. The molecule has 18 heavy (non-hydrogen) atoms. The van der Waals surface area contributed by atoms with Crippen LogP contribution >= 0.6 is 7.80 Å². The van der Waals surface area contributed by atoms with Crippen molar-refractivity contribution in [3.05, 3.63) is 23.8 Å². The van der Waals surface area contributed by atoms with E-state index >= 15 is 0 Å². The maximum absolute atomic E-state index is 12.1. The van der Waals surface area contributed by atoms with E-state index in [1.807, 2.05) is 13.8 Å². The fourth-order valence-electron chi connectivity index (χ4n) is 1.52. The van der Waals surface area contributed by atoms with Crippen LogP contribution in [0.2, 0.25) is 0 Å². The molecule has 1 rings (SSSR count).